The molecule has 7 heteroatoms. The van der Waals surface area contributed by atoms with Gasteiger partial charge in [-0.05, 0) is 30.0 Å². The predicted octanol–water partition coefficient (Wildman–Crippen LogP) is 4.84. The van der Waals surface area contributed by atoms with E-state index in [1.807, 2.05) is 41.1 Å². The van der Waals surface area contributed by atoms with Gasteiger partial charge in [0.1, 0.15) is 10.7 Å². The SMILES string of the molecule is O=C(NCCCc1nc2ccccc2s1)c1csc(-c2cccs2)n1. The highest BCUT2D eigenvalue weighted by Crippen LogP contribution is 2.27. The molecule has 3 heterocycles. The van der Waals surface area contributed by atoms with Crippen molar-refractivity contribution >= 4 is 50.1 Å². The van der Waals surface area contributed by atoms with Gasteiger partial charge in [0.25, 0.3) is 5.91 Å². The number of amides is 1. The number of para-hydroxylation sites is 1. The molecular weight excluding hydrogens is 370 g/mol. The van der Waals surface area contributed by atoms with Gasteiger partial charge in [0.05, 0.1) is 20.1 Å². The number of nitrogens with zero attached hydrogens (tertiary/aromatic N) is 2. The standard InChI is InChI=1S/C18H15N3OS3/c22-17(13-11-24-18(21-13)15-7-4-10-23-15)19-9-3-8-16-20-12-5-1-2-6-14(12)25-16/h1-2,4-7,10-11H,3,8-9H2,(H,19,22). The van der Waals surface area contributed by atoms with Crippen LogP contribution in [0.25, 0.3) is 20.1 Å². The smallest absolute Gasteiger partial charge is 0.270 e. The molecule has 0 aliphatic carbocycles. The van der Waals surface area contributed by atoms with E-state index in [1.165, 1.54) is 16.0 Å². The topological polar surface area (TPSA) is 54.9 Å². The molecule has 0 atom stereocenters. The summed E-state index contributed by atoms with van der Waals surface area (Å²) in [6.07, 6.45) is 1.74. The zero-order chi connectivity index (χ0) is 17.1. The number of fused-ring (bicyclic) bond motifs is 1. The zero-order valence-electron chi connectivity index (χ0n) is 13.3. The molecule has 0 aliphatic rings. The molecule has 0 bridgehead atoms. The molecule has 1 N–H and O–H groups in total. The monoisotopic (exact) mass is 385 g/mol. The maximum Gasteiger partial charge on any atom is 0.270 e. The Kier molecular flexibility index (Phi) is 4.87. The maximum absolute atomic E-state index is 12.2. The maximum atomic E-state index is 12.2. The Morgan fingerprint density at radius 1 is 1.08 bits per heavy atom. The number of aromatic nitrogens is 2. The highest BCUT2D eigenvalue weighted by Gasteiger charge is 2.12. The van der Waals surface area contributed by atoms with Crippen LogP contribution in [0.5, 0.6) is 0 Å². The molecule has 4 aromatic rings. The van der Waals surface area contributed by atoms with Gasteiger partial charge in [-0.15, -0.1) is 34.0 Å². The molecule has 126 valence electrons. The first-order valence-electron chi connectivity index (χ1n) is 7.91. The van der Waals surface area contributed by atoms with Gasteiger partial charge in [-0.25, -0.2) is 9.97 Å². The fourth-order valence-corrected chi connectivity index (χ4v) is 5.07. The number of rotatable bonds is 6. The first-order valence-corrected chi connectivity index (χ1v) is 10.5. The third kappa shape index (κ3) is 3.78. The molecule has 1 aromatic carbocycles. The van der Waals surface area contributed by atoms with E-state index in [0.29, 0.717) is 12.2 Å². The van der Waals surface area contributed by atoms with Gasteiger partial charge in [0.2, 0.25) is 0 Å². The summed E-state index contributed by atoms with van der Waals surface area (Å²) in [6, 6.07) is 12.2. The summed E-state index contributed by atoms with van der Waals surface area (Å²) in [5.74, 6) is -0.108. The second-order valence-corrected chi connectivity index (χ2v) is 8.37. The van der Waals surface area contributed by atoms with E-state index < -0.39 is 0 Å². The number of thiazole rings is 2. The normalized spacial score (nSPS) is 11.0. The van der Waals surface area contributed by atoms with Crippen molar-refractivity contribution in [2.75, 3.05) is 6.54 Å². The van der Waals surface area contributed by atoms with Crippen LogP contribution in [0, 0.1) is 0 Å². The lowest BCUT2D eigenvalue weighted by Crippen LogP contribution is -2.25. The fraction of sp³-hybridized carbons (Fsp3) is 0.167. The van der Waals surface area contributed by atoms with E-state index in [9.17, 15) is 4.79 Å². The van der Waals surface area contributed by atoms with Crippen LogP contribution >= 0.6 is 34.0 Å². The predicted molar refractivity (Wildman–Crippen MR) is 106 cm³/mol. The number of carbonyl (C=O) groups excluding carboxylic acids is 1. The van der Waals surface area contributed by atoms with E-state index in [1.54, 1.807) is 22.7 Å². The Hall–Kier alpha value is -2.09. The highest BCUT2D eigenvalue weighted by molar-refractivity contribution is 7.20. The minimum absolute atomic E-state index is 0.108. The van der Waals surface area contributed by atoms with Gasteiger partial charge in [-0.3, -0.25) is 4.79 Å². The minimum atomic E-state index is -0.108. The summed E-state index contributed by atoms with van der Waals surface area (Å²) in [4.78, 5) is 22.3. The number of benzene rings is 1. The van der Waals surface area contributed by atoms with E-state index in [0.717, 1.165) is 33.3 Å². The minimum Gasteiger partial charge on any atom is -0.351 e. The second kappa shape index (κ2) is 7.43. The molecular formula is C18H15N3OS3. The van der Waals surface area contributed by atoms with Crippen molar-refractivity contribution in [2.45, 2.75) is 12.8 Å². The van der Waals surface area contributed by atoms with Gasteiger partial charge in [0.15, 0.2) is 0 Å². The summed E-state index contributed by atoms with van der Waals surface area (Å²) in [5.41, 5.74) is 1.54. The molecule has 0 fully saturated rings. The zero-order valence-corrected chi connectivity index (χ0v) is 15.7. The molecule has 0 saturated carbocycles. The number of aryl methyl sites for hydroxylation is 1. The lowest BCUT2D eigenvalue weighted by Gasteiger charge is -2.01. The number of hydrogen-bond acceptors (Lipinski definition) is 6. The summed E-state index contributed by atoms with van der Waals surface area (Å²) in [7, 11) is 0. The summed E-state index contributed by atoms with van der Waals surface area (Å²) < 4.78 is 1.21. The van der Waals surface area contributed by atoms with Crippen LogP contribution < -0.4 is 5.32 Å². The lowest BCUT2D eigenvalue weighted by molar-refractivity contribution is 0.0949. The molecule has 4 nitrogen and oxygen atoms in total. The molecule has 3 aromatic heterocycles. The molecule has 0 unspecified atom stereocenters. The molecule has 25 heavy (non-hydrogen) atoms. The van der Waals surface area contributed by atoms with E-state index in [2.05, 4.69) is 21.4 Å². The van der Waals surface area contributed by atoms with Crippen molar-refractivity contribution < 1.29 is 4.79 Å². The van der Waals surface area contributed by atoms with Crippen LogP contribution in [0.3, 0.4) is 0 Å². The number of carbonyl (C=O) groups is 1. The van der Waals surface area contributed by atoms with Crippen molar-refractivity contribution in [3.63, 3.8) is 0 Å². The van der Waals surface area contributed by atoms with Crippen LogP contribution in [0.4, 0.5) is 0 Å². The van der Waals surface area contributed by atoms with Gasteiger partial charge < -0.3 is 5.32 Å². The van der Waals surface area contributed by atoms with Crippen molar-refractivity contribution in [3.8, 4) is 9.88 Å². The van der Waals surface area contributed by atoms with Crippen LogP contribution in [0.15, 0.2) is 47.2 Å². The molecule has 4 rings (SSSR count). The number of nitrogens with one attached hydrogen (secondary N) is 1. The number of hydrogen-bond donors (Lipinski definition) is 1. The Labute approximate surface area is 157 Å². The Balaban J connectivity index is 1.29. The average molecular weight is 386 g/mol. The third-order valence-corrected chi connectivity index (χ3v) is 6.64. The van der Waals surface area contributed by atoms with Gasteiger partial charge >= 0.3 is 0 Å². The average Bonchev–Trinajstić information content (AvgIpc) is 3.37. The van der Waals surface area contributed by atoms with Gasteiger partial charge in [-0.2, -0.15) is 0 Å². The van der Waals surface area contributed by atoms with Crippen molar-refractivity contribution in [3.05, 3.63) is 57.9 Å². The van der Waals surface area contributed by atoms with Gasteiger partial charge in [0, 0.05) is 18.3 Å². The summed E-state index contributed by atoms with van der Waals surface area (Å²) >= 11 is 4.86. The molecule has 1 amide bonds. The van der Waals surface area contributed by atoms with Crippen molar-refractivity contribution in [1.82, 2.24) is 15.3 Å². The Morgan fingerprint density at radius 3 is 2.84 bits per heavy atom. The fourth-order valence-electron chi connectivity index (χ4n) is 2.45. The first-order chi connectivity index (χ1) is 12.3. The third-order valence-electron chi connectivity index (χ3n) is 3.66. The van der Waals surface area contributed by atoms with Gasteiger partial charge in [-0.1, -0.05) is 18.2 Å². The van der Waals surface area contributed by atoms with Crippen LogP contribution in [0.1, 0.15) is 21.9 Å². The number of thiophene rings is 1. The summed E-state index contributed by atoms with van der Waals surface area (Å²) in [5, 5.41) is 8.79. The van der Waals surface area contributed by atoms with Crippen LogP contribution in [-0.2, 0) is 6.42 Å². The molecule has 0 saturated heterocycles. The lowest BCUT2D eigenvalue weighted by atomic mass is 10.3. The van der Waals surface area contributed by atoms with E-state index in [-0.39, 0.29) is 5.91 Å². The first kappa shape index (κ1) is 16.4. The van der Waals surface area contributed by atoms with Crippen LogP contribution in [0.2, 0.25) is 0 Å². The van der Waals surface area contributed by atoms with Crippen molar-refractivity contribution in [2.24, 2.45) is 0 Å². The quantitative estimate of drug-likeness (QED) is 0.483. The summed E-state index contributed by atoms with van der Waals surface area (Å²) in [6.45, 7) is 0.626. The second-order valence-electron chi connectivity index (χ2n) is 5.45. The Morgan fingerprint density at radius 2 is 2.00 bits per heavy atom. The largest absolute Gasteiger partial charge is 0.351 e. The van der Waals surface area contributed by atoms with Crippen molar-refractivity contribution in [1.29, 1.82) is 0 Å². The Bertz CT molecular complexity index is 955. The molecule has 0 spiro atoms. The molecule has 0 radical (unpaired) electrons. The van der Waals surface area contributed by atoms with E-state index >= 15 is 0 Å². The van der Waals surface area contributed by atoms with E-state index in [4.69, 9.17) is 0 Å². The van der Waals surface area contributed by atoms with Crippen LogP contribution in [-0.4, -0.2) is 22.4 Å². The highest BCUT2D eigenvalue weighted by atomic mass is 32.1. The molecule has 0 aliphatic heterocycles.